The quantitative estimate of drug-likeness (QED) is 0.421. The maximum absolute atomic E-state index is 14.0. The third-order valence-corrected chi connectivity index (χ3v) is 5.52. The highest BCUT2D eigenvalue weighted by atomic mass is 19.1. The van der Waals surface area contributed by atoms with E-state index in [0.717, 1.165) is 29.7 Å². The monoisotopic (exact) mass is 404 g/mol. The van der Waals surface area contributed by atoms with Crippen molar-refractivity contribution in [1.82, 2.24) is 20.2 Å². The van der Waals surface area contributed by atoms with Crippen molar-refractivity contribution in [2.75, 3.05) is 6.54 Å². The predicted octanol–water partition coefficient (Wildman–Crippen LogP) is 3.44. The van der Waals surface area contributed by atoms with Crippen LogP contribution in [0.1, 0.15) is 33.4 Å². The summed E-state index contributed by atoms with van der Waals surface area (Å²) in [6, 6.07) is 14.5. The van der Waals surface area contributed by atoms with E-state index < -0.39 is 11.9 Å². The van der Waals surface area contributed by atoms with Gasteiger partial charge in [0.1, 0.15) is 11.6 Å². The highest BCUT2D eigenvalue weighted by molar-refractivity contribution is 5.95. The number of carbonyl (C=O) groups excluding carboxylic acids is 1. The number of benzene rings is 2. The maximum Gasteiger partial charge on any atom is 0.253 e. The fourth-order valence-corrected chi connectivity index (χ4v) is 4.00. The van der Waals surface area contributed by atoms with Crippen molar-refractivity contribution in [1.29, 1.82) is 0 Å². The topological polar surface area (TPSA) is 82.1 Å². The summed E-state index contributed by atoms with van der Waals surface area (Å²) < 4.78 is 16.1. The SMILES string of the molecule is O=C(NC(c1cc2ccccc2[nH]1)c1cc(F)ccc1O)c1cc2n(c1)CCNC2. The van der Waals surface area contributed by atoms with Gasteiger partial charge in [0.05, 0.1) is 11.6 Å². The van der Waals surface area contributed by atoms with Crippen molar-refractivity contribution < 1.29 is 14.3 Å². The van der Waals surface area contributed by atoms with Gasteiger partial charge in [-0.15, -0.1) is 0 Å². The number of halogens is 1. The van der Waals surface area contributed by atoms with Gasteiger partial charge in [-0.25, -0.2) is 4.39 Å². The summed E-state index contributed by atoms with van der Waals surface area (Å²) in [6.45, 7) is 2.37. The normalized spacial score (nSPS) is 14.4. The number of fused-ring (bicyclic) bond motifs is 2. The number of nitrogens with one attached hydrogen (secondary N) is 3. The summed E-state index contributed by atoms with van der Waals surface area (Å²) in [5.74, 6) is -0.853. The minimum atomic E-state index is -0.740. The van der Waals surface area contributed by atoms with E-state index in [2.05, 4.69) is 20.2 Å². The molecule has 1 atom stereocenters. The zero-order chi connectivity index (χ0) is 20.7. The molecule has 0 fully saturated rings. The molecule has 0 bridgehead atoms. The summed E-state index contributed by atoms with van der Waals surface area (Å²) in [6.07, 6.45) is 1.83. The average molecular weight is 404 g/mol. The summed E-state index contributed by atoms with van der Waals surface area (Å²) >= 11 is 0. The number of phenols is 1. The fourth-order valence-electron chi connectivity index (χ4n) is 4.00. The summed E-state index contributed by atoms with van der Waals surface area (Å²) in [4.78, 5) is 16.4. The van der Waals surface area contributed by atoms with Crippen molar-refractivity contribution in [2.24, 2.45) is 0 Å². The molecule has 3 heterocycles. The first kappa shape index (κ1) is 18.4. The number of nitrogens with zero attached hydrogens (tertiary/aromatic N) is 1. The van der Waals surface area contributed by atoms with Gasteiger partial charge in [-0.3, -0.25) is 4.79 Å². The lowest BCUT2D eigenvalue weighted by atomic mass is 10.0. The molecule has 0 spiro atoms. The highest BCUT2D eigenvalue weighted by Gasteiger charge is 2.24. The van der Waals surface area contributed by atoms with E-state index in [0.29, 0.717) is 23.4 Å². The summed E-state index contributed by atoms with van der Waals surface area (Å²) in [5.41, 5.74) is 3.43. The summed E-state index contributed by atoms with van der Waals surface area (Å²) in [7, 11) is 0. The van der Waals surface area contributed by atoms with Crippen LogP contribution in [0.25, 0.3) is 10.9 Å². The number of phenolic OH excluding ortho intramolecular Hbond substituents is 1. The van der Waals surface area contributed by atoms with Gasteiger partial charge in [-0.2, -0.15) is 0 Å². The first-order valence-electron chi connectivity index (χ1n) is 9.85. The standard InChI is InChI=1S/C23H21FN4O2/c24-16-5-6-21(29)18(11-16)22(20-10-14-3-1-2-4-19(14)26-20)27-23(30)15-9-17-12-25-7-8-28(17)13-15/h1-6,9-11,13,22,25-26,29H,7-8,12H2,(H,27,30). The minimum Gasteiger partial charge on any atom is -0.508 e. The molecular formula is C23H21FN4O2. The first-order valence-corrected chi connectivity index (χ1v) is 9.85. The molecule has 1 aliphatic rings. The van der Waals surface area contributed by atoms with Crippen LogP contribution in [-0.4, -0.2) is 27.1 Å². The number of amides is 1. The lowest BCUT2D eigenvalue weighted by Crippen LogP contribution is -2.29. The molecule has 2 aromatic carbocycles. The van der Waals surface area contributed by atoms with Crippen LogP contribution in [0.5, 0.6) is 5.75 Å². The molecule has 30 heavy (non-hydrogen) atoms. The van der Waals surface area contributed by atoms with E-state index in [1.807, 2.05) is 42.6 Å². The molecule has 1 aliphatic heterocycles. The van der Waals surface area contributed by atoms with E-state index in [4.69, 9.17) is 0 Å². The molecular weight excluding hydrogens is 383 g/mol. The number of aromatic hydroxyl groups is 1. The Kier molecular flexibility index (Phi) is 4.52. The lowest BCUT2D eigenvalue weighted by molar-refractivity contribution is 0.0942. The van der Waals surface area contributed by atoms with Crippen LogP contribution in [0.4, 0.5) is 4.39 Å². The third kappa shape index (κ3) is 3.33. The van der Waals surface area contributed by atoms with E-state index in [-0.39, 0.29) is 11.7 Å². The summed E-state index contributed by atoms with van der Waals surface area (Å²) in [5, 5.41) is 17.6. The van der Waals surface area contributed by atoms with Crippen molar-refractivity contribution in [2.45, 2.75) is 19.1 Å². The third-order valence-electron chi connectivity index (χ3n) is 5.52. The van der Waals surface area contributed by atoms with E-state index in [9.17, 15) is 14.3 Å². The van der Waals surface area contributed by atoms with E-state index >= 15 is 0 Å². The van der Waals surface area contributed by atoms with Crippen LogP contribution in [0.15, 0.2) is 60.8 Å². The molecule has 0 saturated heterocycles. The van der Waals surface area contributed by atoms with Gasteiger partial charge >= 0.3 is 0 Å². The number of hydrogen-bond donors (Lipinski definition) is 4. The van der Waals surface area contributed by atoms with Gasteiger partial charge < -0.3 is 25.3 Å². The van der Waals surface area contributed by atoms with E-state index in [1.165, 1.54) is 18.2 Å². The Bertz CT molecular complexity index is 1190. The van der Waals surface area contributed by atoms with Crippen LogP contribution in [-0.2, 0) is 13.1 Å². The Morgan fingerprint density at radius 3 is 2.87 bits per heavy atom. The van der Waals surface area contributed by atoms with Gasteiger partial charge in [0, 0.05) is 48.3 Å². The van der Waals surface area contributed by atoms with Crippen molar-refractivity contribution in [3.8, 4) is 5.75 Å². The predicted molar refractivity (Wildman–Crippen MR) is 112 cm³/mol. The van der Waals surface area contributed by atoms with Crippen LogP contribution in [0, 0.1) is 5.82 Å². The molecule has 1 unspecified atom stereocenters. The molecule has 4 aromatic rings. The number of aromatic nitrogens is 2. The molecule has 0 aliphatic carbocycles. The zero-order valence-corrected chi connectivity index (χ0v) is 16.2. The number of H-pyrrole nitrogens is 1. The van der Waals surface area contributed by atoms with Gasteiger partial charge in [0.15, 0.2) is 0 Å². The van der Waals surface area contributed by atoms with Crippen LogP contribution in [0.2, 0.25) is 0 Å². The van der Waals surface area contributed by atoms with Gasteiger partial charge in [-0.05, 0) is 41.8 Å². The lowest BCUT2D eigenvalue weighted by Gasteiger charge is -2.19. The molecule has 0 saturated carbocycles. The average Bonchev–Trinajstić information content (AvgIpc) is 3.37. The molecule has 4 N–H and O–H groups in total. The molecule has 152 valence electrons. The maximum atomic E-state index is 14.0. The second-order valence-electron chi connectivity index (χ2n) is 7.51. The van der Waals surface area contributed by atoms with Crippen molar-refractivity contribution in [3.05, 3.63) is 89.1 Å². The molecule has 5 rings (SSSR count). The first-order chi connectivity index (χ1) is 14.6. The number of rotatable bonds is 4. The number of para-hydroxylation sites is 1. The smallest absolute Gasteiger partial charge is 0.253 e. The molecule has 2 aromatic heterocycles. The molecule has 7 heteroatoms. The molecule has 6 nitrogen and oxygen atoms in total. The van der Waals surface area contributed by atoms with Gasteiger partial charge in [0.2, 0.25) is 0 Å². The Labute approximate surface area is 172 Å². The largest absolute Gasteiger partial charge is 0.508 e. The van der Waals surface area contributed by atoms with Crippen LogP contribution in [0.3, 0.4) is 0 Å². The van der Waals surface area contributed by atoms with Crippen LogP contribution >= 0.6 is 0 Å². The second kappa shape index (κ2) is 7.35. The van der Waals surface area contributed by atoms with Crippen LogP contribution < -0.4 is 10.6 Å². The van der Waals surface area contributed by atoms with Crippen molar-refractivity contribution >= 4 is 16.8 Å². The molecule has 0 radical (unpaired) electrons. The Hall–Kier alpha value is -3.58. The minimum absolute atomic E-state index is 0.0827. The van der Waals surface area contributed by atoms with Crippen molar-refractivity contribution in [3.63, 3.8) is 0 Å². The number of hydrogen-bond acceptors (Lipinski definition) is 3. The zero-order valence-electron chi connectivity index (χ0n) is 16.2. The van der Waals surface area contributed by atoms with Gasteiger partial charge in [0.25, 0.3) is 5.91 Å². The second-order valence-corrected chi connectivity index (χ2v) is 7.51. The highest BCUT2D eigenvalue weighted by Crippen LogP contribution is 2.32. The van der Waals surface area contributed by atoms with E-state index in [1.54, 1.807) is 0 Å². The number of carbonyl (C=O) groups is 1. The Morgan fingerprint density at radius 2 is 2.03 bits per heavy atom. The Balaban J connectivity index is 1.54. The van der Waals surface area contributed by atoms with Gasteiger partial charge in [-0.1, -0.05) is 18.2 Å². The fraction of sp³-hybridized carbons (Fsp3) is 0.174. The molecule has 1 amide bonds. The number of aromatic amines is 1. The Morgan fingerprint density at radius 1 is 1.17 bits per heavy atom.